The maximum atomic E-state index is 14.7. The molecule has 3 heterocycles. The summed E-state index contributed by atoms with van der Waals surface area (Å²) in [5, 5.41) is 33.2. The van der Waals surface area contributed by atoms with E-state index in [-0.39, 0.29) is 24.7 Å². The van der Waals surface area contributed by atoms with E-state index in [1.54, 1.807) is 12.1 Å². The molecule has 0 saturated heterocycles. The molecule has 0 aliphatic heterocycles. The lowest BCUT2D eigenvalue weighted by atomic mass is 10.2. The van der Waals surface area contributed by atoms with Gasteiger partial charge in [0.25, 0.3) is 0 Å². The average molecular weight is 776 g/mol. The van der Waals surface area contributed by atoms with Crippen molar-refractivity contribution in [2.75, 3.05) is 77.8 Å². The first-order chi connectivity index (χ1) is 25.9. The number of aliphatic hydroxyl groups is 1. The van der Waals surface area contributed by atoms with Gasteiger partial charge in [-0.2, -0.15) is 0 Å². The Labute approximate surface area is 323 Å². The monoisotopic (exact) mass is 775 g/mol. The van der Waals surface area contributed by atoms with Crippen LogP contribution in [0, 0.1) is 24.6 Å². The Bertz CT molecular complexity index is 2060. The summed E-state index contributed by atoms with van der Waals surface area (Å²) in [6.07, 6.45) is 3.54. The molecule has 0 aliphatic carbocycles. The number of benzene rings is 2. The summed E-state index contributed by atoms with van der Waals surface area (Å²) in [5.41, 5.74) is 2.30. The zero-order valence-corrected chi connectivity index (χ0v) is 33.1. The highest BCUT2D eigenvalue weighted by Crippen LogP contribution is 2.34. The van der Waals surface area contributed by atoms with E-state index in [0.29, 0.717) is 64.8 Å². The van der Waals surface area contributed by atoms with Crippen LogP contribution in [-0.4, -0.2) is 113 Å². The fraction of sp³-hybridized carbons (Fsp3) is 0.410. The number of quaternary nitrogens is 1. The molecule has 0 spiro atoms. The molecule has 0 fully saturated rings. The number of fused-ring (bicyclic) bond motifs is 1. The van der Waals surface area contributed by atoms with E-state index < -0.39 is 11.8 Å². The Morgan fingerprint density at radius 1 is 1.02 bits per heavy atom. The second kappa shape index (κ2) is 19.0. The number of carbonyl (C=O) groups is 1. The van der Waals surface area contributed by atoms with Crippen LogP contribution in [0.5, 0.6) is 5.75 Å². The molecule has 15 heteroatoms. The summed E-state index contributed by atoms with van der Waals surface area (Å²) in [7, 11) is 8.05. The lowest BCUT2D eigenvalue weighted by molar-refractivity contribution is -0.890. The normalized spacial score (nSPS) is 11.5. The third-order valence-corrected chi connectivity index (χ3v) is 10.7. The van der Waals surface area contributed by atoms with E-state index in [1.165, 1.54) is 28.7 Å². The topological polar surface area (TPSA) is 137 Å². The third-order valence-electron chi connectivity index (χ3n) is 8.60. The zero-order chi connectivity index (χ0) is 38.7. The second-order valence-electron chi connectivity index (χ2n) is 13.9. The lowest BCUT2D eigenvalue weighted by Crippen LogP contribution is -2.42. The standard InChI is InChI=1S/C39H47FN8O4S2/c1-27-25-34(44-45-36(27)43-38-41-30-14-7-8-15-32(30)53-38)47(20-9-6-10-21-48(4,5)22-23-49)39-42-35(37(50)51)33(54-39)16-12-24-52-31-18-17-28(26-29(31)40)13-11-19-46(2)3/h7-8,14-15,17-18,25-26,49H,6,9-10,12,16,19-24H2,1-5H3,(H-,41,43,45,50,51)/p+1. The number of hydrogen-bond acceptors (Lipinski definition) is 12. The zero-order valence-electron chi connectivity index (χ0n) is 31.4. The summed E-state index contributed by atoms with van der Waals surface area (Å²) < 4.78 is 22.3. The predicted octanol–water partition coefficient (Wildman–Crippen LogP) is 6.73. The van der Waals surface area contributed by atoms with Crippen LogP contribution < -0.4 is 15.0 Å². The first kappa shape index (κ1) is 40.5. The van der Waals surface area contributed by atoms with Gasteiger partial charge in [-0.25, -0.2) is 19.2 Å². The fourth-order valence-corrected chi connectivity index (χ4v) is 7.63. The fourth-order valence-electron chi connectivity index (χ4n) is 5.63. The van der Waals surface area contributed by atoms with E-state index in [1.807, 2.05) is 61.2 Å². The number of carboxylic acid groups (broad SMARTS) is 1. The molecule has 0 atom stereocenters. The largest absolute Gasteiger partial charge is 0.491 e. The Kier molecular flexibility index (Phi) is 14.3. The first-order valence-electron chi connectivity index (χ1n) is 17.9. The molecule has 12 nitrogen and oxygen atoms in total. The van der Waals surface area contributed by atoms with Crippen molar-refractivity contribution in [2.45, 2.75) is 39.0 Å². The molecule has 3 N–H and O–H groups in total. The number of anilines is 4. The van der Waals surface area contributed by atoms with Gasteiger partial charge >= 0.3 is 5.97 Å². The highest BCUT2D eigenvalue weighted by atomic mass is 32.1. The van der Waals surface area contributed by atoms with E-state index >= 15 is 0 Å². The molecule has 0 unspecified atom stereocenters. The van der Waals surface area contributed by atoms with Gasteiger partial charge in [0.2, 0.25) is 0 Å². The van der Waals surface area contributed by atoms with Crippen LogP contribution in [-0.2, 0) is 6.42 Å². The number of ether oxygens (including phenoxy) is 1. The number of nitrogens with zero attached hydrogens (tertiary/aromatic N) is 7. The number of carboxylic acids is 1. The molecule has 0 aliphatic rings. The summed E-state index contributed by atoms with van der Waals surface area (Å²) in [4.78, 5) is 26.1. The Morgan fingerprint density at radius 3 is 2.56 bits per heavy atom. The Balaban J connectivity index is 1.30. The summed E-state index contributed by atoms with van der Waals surface area (Å²) in [6.45, 7) is 5.02. The molecular weight excluding hydrogens is 728 g/mol. The van der Waals surface area contributed by atoms with E-state index in [2.05, 4.69) is 51.4 Å². The summed E-state index contributed by atoms with van der Waals surface area (Å²) in [5.74, 6) is 5.58. The number of unbranched alkanes of at least 4 members (excludes halogenated alkanes) is 2. The van der Waals surface area contributed by atoms with Crippen LogP contribution in [0.3, 0.4) is 0 Å². The van der Waals surface area contributed by atoms with Gasteiger partial charge in [0.1, 0.15) is 6.54 Å². The summed E-state index contributed by atoms with van der Waals surface area (Å²) in [6, 6.07) is 14.5. The second-order valence-corrected chi connectivity index (χ2v) is 16.0. The van der Waals surface area contributed by atoms with Crippen molar-refractivity contribution in [3.63, 3.8) is 0 Å². The molecule has 0 amide bonds. The van der Waals surface area contributed by atoms with Crippen LogP contribution in [0.25, 0.3) is 10.2 Å². The van der Waals surface area contributed by atoms with Crippen LogP contribution >= 0.6 is 22.7 Å². The molecule has 0 saturated carbocycles. The predicted molar refractivity (Wildman–Crippen MR) is 214 cm³/mol. The Hall–Kier alpha value is -4.72. The number of nitrogens with one attached hydrogen (secondary N) is 1. The van der Waals surface area contributed by atoms with Gasteiger partial charge in [-0.05, 0) is 95.1 Å². The van der Waals surface area contributed by atoms with Crippen LogP contribution in [0.4, 0.5) is 26.3 Å². The highest BCUT2D eigenvalue weighted by molar-refractivity contribution is 7.22. The summed E-state index contributed by atoms with van der Waals surface area (Å²) >= 11 is 2.84. The van der Waals surface area contributed by atoms with Gasteiger partial charge in [0.15, 0.2) is 39.2 Å². The number of aromatic nitrogens is 4. The van der Waals surface area contributed by atoms with Gasteiger partial charge in [0, 0.05) is 17.0 Å². The minimum atomic E-state index is -1.12. The molecule has 0 bridgehead atoms. The number of hydrogen-bond donors (Lipinski definition) is 3. The SMILES string of the molecule is Cc1cc(N(CCCCC[N+](C)(C)CCO)c2nc(C(=O)O)c(CCCOc3ccc(C#CCN(C)C)cc3F)s2)nnc1Nc1nc2ccccc2s1. The average Bonchev–Trinajstić information content (AvgIpc) is 3.74. The molecule has 3 aromatic heterocycles. The number of aryl methyl sites for hydroxylation is 2. The van der Waals surface area contributed by atoms with Gasteiger partial charge in [-0.1, -0.05) is 35.3 Å². The van der Waals surface area contributed by atoms with Crippen molar-refractivity contribution in [3.8, 4) is 17.6 Å². The number of rotatable bonds is 19. The van der Waals surface area contributed by atoms with Crippen molar-refractivity contribution in [3.05, 3.63) is 76.0 Å². The molecule has 54 heavy (non-hydrogen) atoms. The first-order valence-corrected chi connectivity index (χ1v) is 19.5. The van der Waals surface area contributed by atoms with Crippen LogP contribution in [0.2, 0.25) is 0 Å². The third kappa shape index (κ3) is 11.4. The van der Waals surface area contributed by atoms with E-state index in [4.69, 9.17) is 4.74 Å². The van der Waals surface area contributed by atoms with Gasteiger partial charge in [-0.3, -0.25) is 4.90 Å². The van der Waals surface area contributed by atoms with Crippen molar-refractivity contribution >= 4 is 60.8 Å². The number of aromatic carboxylic acids is 1. The minimum Gasteiger partial charge on any atom is -0.491 e. The Morgan fingerprint density at radius 2 is 1.83 bits per heavy atom. The van der Waals surface area contributed by atoms with Gasteiger partial charge in [0.05, 0.1) is 50.6 Å². The number of likely N-dealkylation sites (N-methyl/N-ethyl adjacent to an activating group) is 1. The van der Waals surface area contributed by atoms with Crippen molar-refractivity contribution < 1.29 is 28.6 Å². The van der Waals surface area contributed by atoms with Crippen molar-refractivity contribution in [1.82, 2.24) is 25.1 Å². The highest BCUT2D eigenvalue weighted by Gasteiger charge is 2.24. The van der Waals surface area contributed by atoms with E-state index in [9.17, 15) is 19.4 Å². The lowest BCUT2D eigenvalue weighted by Gasteiger charge is -2.29. The minimum absolute atomic E-state index is 0.0197. The van der Waals surface area contributed by atoms with Crippen LogP contribution in [0.1, 0.15) is 52.2 Å². The van der Waals surface area contributed by atoms with Crippen molar-refractivity contribution in [1.29, 1.82) is 0 Å². The quantitative estimate of drug-likeness (QED) is 0.0468. The maximum Gasteiger partial charge on any atom is 0.355 e. The molecule has 5 rings (SSSR count). The van der Waals surface area contributed by atoms with Crippen LogP contribution in [0.15, 0.2) is 48.5 Å². The number of thiazole rings is 2. The van der Waals surface area contributed by atoms with E-state index in [0.717, 1.165) is 46.1 Å². The smallest absolute Gasteiger partial charge is 0.355 e. The molecule has 5 aromatic rings. The molecular formula is C39H48FN8O4S2+. The van der Waals surface area contributed by atoms with Crippen molar-refractivity contribution in [2.24, 2.45) is 0 Å². The van der Waals surface area contributed by atoms with Gasteiger partial charge in [-0.15, -0.1) is 21.5 Å². The molecule has 286 valence electrons. The van der Waals surface area contributed by atoms with Gasteiger partial charge < -0.3 is 29.6 Å². The maximum absolute atomic E-state index is 14.7. The molecule has 2 aromatic carbocycles. The number of halogens is 1. The molecule has 0 radical (unpaired) electrons. The number of para-hydroxylation sites is 1. The number of aliphatic hydroxyl groups excluding tert-OH is 1.